The number of esters is 1. The summed E-state index contributed by atoms with van der Waals surface area (Å²) in [6.07, 6.45) is 3.27. The van der Waals surface area contributed by atoms with Crippen LogP contribution in [0, 0.1) is 0 Å². The summed E-state index contributed by atoms with van der Waals surface area (Å²) in [4.78, 5) is 22.9. The maximum absolute atomic E-state index is 11.6. The van der Waals surface area contributed by atoms with Crippen molar-refractivity contribution in [1.82, 2.24) is 15.0 Å². The van der Waals surface area contributed by atoms with Crippen LogP contribution in [0.15, 0.2) is 42.9 Å². The van der Waals surface area contributed by atoms with Crippen LogP contribution in [0.25, 0.3) is 22.3 Å². The first-order chi connectivity index (χ1) is 9.78. The number of benzene rings is 1. The zero-order valence-corrected chi connectivity index (χ0v) is 11.0. The van der Waals surface area contributed by atoms with Gasteiger partial charge in [-0.1, -0.05) is 12.1 Å². The summed E-state index contributed by atoms with van der Waals surface area (Å²) < 4.78 is 4.96. The molecule has 0 aliphatic heterocycles. The van der Waals surface area contributed by atoms with Gasteiger partial charge in [-0.25, -0.2) is 14.8 Å². The molecular formula is C15H13N3O2. The number of aromatic nitrogens is 3. The van der Waals surface area contributed by atoms with E-state index in [-0.39, 0.29) is 5.97 Å². The van der Waals surface area contributed by atoms with Crippen LogP contribution < -0.4 is 0 Å². The van der Waals surface area contributed by atoms with E-state index in [1.807, 2.05) is 18.2 Å². The van der Waals surface area contributed by atoms with Crippen LogP contribution in [0.5, 0.6) is 0 Å². The molecule has 0 spiro atoms. The van der Waals surface area contributed by atoms with Crippen molar-refractivity contribution in [3.05, 3.63) is 48.4 Å². The molecule has 0 bridgehead atoms. The van der Waals surface area contributed by atoms with Crippen LogP contribution in [0.3, 0.4) is 0 Å². The molecule has 20 heavy (non-hydrogen) atoms. The third-order valence-electron chi connectivity index (χ3n) is 3.00. The van der Waals surface area contributed by atoms with Crippen LogP contribution in [-0.4, -0.2) is 27.5 Å². The highest BCUT2D eigenvalue weighted by atomic mass is 16.5. The number of ether oxygens (including phenoxy) is 1. The van der Waals surface area contributed by atoms with Crippen molar-refractivity contribution in [3.8, 4) is 11.3 Å². The molecule has 0 saturated carbocycles. The van der Waals surface area contributed by atoms with Gasteiger partial charge in [0.1, 0.15) is 12.0 Å². The normalized spacial score (nSPS) is 10.7. The number of rotatable bonds is 3. The predicted molar refractivity (Wildman–Crippen MR) is 75.3 cm³/mol. The molecule has 3 rings (SSSR count). The Hall–Kier alpha value is -2.69. The van der Waals surface area contributed by atoms with Crippen LogP contribution in [0.2, 0.25) is 0 Å². The summed E-state index contributed by atoms with van der Waals surface area (Å²) in [5.74, 6) is -0.304. The Morgan fingerprint density at radius 1 is 1.30 bits per heavy atom. The molecule has 100 valence electrons. The van der Waals surface area contributed by atoms with Crippen LogP contribution in [0.1, 0.15) is 17.3 Å². The van der Waals surface area contributed by atoms with E-state index in [2.05, 4.69) is 15.0 Å². The molecule has 1 N–H and O–H groups in total. The summed E-state index contributed by atoms with van der Waals surface area (Å²) >= 11 is 0. The molecule has 2 heterocycles. The van der Waals surface area contributed by atoms with Gasteiger partial charge in [-0.3, -0.25) is 0 Å². The highest BCUT2D eigenvalue weighted by Gasteiger charge is 2.08. The number of hydrogen-bond acceptors (Lipinski definition) is 4. The molecule has 0 aliphatic carbocycles. The molecule has 5 heteroatoms. The predicted octanol–water partition coefficient (Wildman–Crippen LogP) is 2.80. The van der Waals surface area contributed by atoms with Crippen molar-refractivity contribution in [2.24, 2.45) is 0 Å². The highest BCUT2D eigenvalue weighted by molar-refractivity contribution is 5.90. The van der Waals surface area contributed by atoms with Gasteiger partial charge in [0.25, 0.3) is 0 Å². The largest absolute Gasteiger partial charge is 0.462 e. The average molecular weight is 267 g/mol. The molecule has 1 aromatic carbocycles. The van der Waals surface area contributed by atoms with Crippen molar-refractivity contribution < 1.29 is 9.53 Å². The molecule has 3 aromatic rings. The van der Waals surface area contributed by atoms with Gasteiger partial charge in [0, 0.05) is 17.3 Å². The molecule has 2 aromatic heterocycles. The lowest BCUT2D eigenvalue weighted by Gasteiger charge is -2.02. The molecule has 0 aliphatic rings. The summed E-state index contributed by atoms with van der Waals surface area (Å²) in [6.45, 7) is 2.17. The van der Waals surface area contributed by atoms with Crippen molar-refractivity contribution in [1.29, 1.82) is 0 Å². The van der Waals surface area contributed by atoms with Crippen molar-refractivity contribution in [2.45, 2.75) is 6.92 Å². The number of nitrogens with zero attached hydrogens (tertiary/aromatic N) is 2. The SMILES string of the molecule is CCOC(=O)c1ccc(-c2cc3cncnc3[nH]2)cc1. The number of H-pyrrole nitrogens is 1. The van der Waals surface area contributed by atoms with Gasteiger partial charge in [-0.05, 0) is 30.7 Å². The van der Waals surface area contributed by atoms with Crippen molar-refractivity contribution in [2.75, 3.05) is 6.61 Å². The number of nitrogens with one attached hydrogen (secondary N) is 1. The minimum atomic E-state index is -0.304. The summed E-state index contributed by atoms with van der Waals surface area (Å²) in [5.41, 5.74) is 3.27. The van der Waals surface area contributed by atoms with E-state index in [1.54, 1.807) is 25.3 Å². The fourth-order valence-electron chi connectivity index (χ4n) is 2.03. The van der Waals surface area contributed by atoms with E-state index in [9.17, 15) is 4.79 Å². The third kappa shape index (κ3) is 2.25. The maximum atomic E-state index is 11.6. The van der Waals surface area contributed by atoms with Gasteiger partial charge in [-0.2, -0.15) is 0 Å². The Bertz CT molecular complexity index is 714. The smallest absolute Gasteiger partial charge is 0.338 e. The van der Waals surface area contributed by atoms with E-state index in [4.69, 9.17) is 4.74 Å². The monoisotopic (exact) mass is 267 g/mol. The zero-order valence-electron chi connectivity index (χ0n) is 11.0. The third-order valence-corrected chi connectivity index (χ3v) is 3.00. The maximum Gasteiger partial charge on any atom is 0.338 e. The van der Waals surface area contributed by atoms with Crippen LogP contribution >= 0.6 is 0 Å². The van der Waals surface area contributed by atoms with Crippen molar-refractivity contribution in [3.63, 3.8) is 0 Å². The van der Waals surface area contributed by atoms with Gasteiger partial charge in [0.05, 0.1) is 12.2 Å². The minimum Gasteiger partial charge on any atom is -0.462 e. The van der Waals surface area contributed by atoms with Crippen LogP contribution in [-0.2, 0) is 4.74 Å². The molecule has 5 nitrogen and oxygen atoms in total. The van der Waals surface area contributed by atoms with Gasteiger partial charge >= 0.3 is 5.97 Å². The minimum absolute atomic E-state index is 0.304. The van der Waals surface area contributed by atoms with Gasteiger partial charge in [-0.15, -0.1) is 0 Å². The molecule has 0 amide bonds. The lowest BCUT2D eigenvalue weighted by molar-refractivity contribution is 0.0526. The second-order valence-corrected chi connectivity index (χ2v) is 4.31. The van der Waals surface area contributed by atoms with Gasteiger partial charge in [0.2, 0.25) is 0 Å². The Morgan fingerprint density at radius 3 is 2.80 bits per heavy atom. The Balaban J connectivity index is 1.92. The molecule has 0 fully saturated rings. The Morgan fingerprint density at radius 2 is 2.10 bits per heavy atom. The molecular weight excluding hydrogens is 254 g/mol. The zero-order chi connectivity index (χ0) is 13.9. The van der Waals surface area contributed by atoms with E-state index in [0.29, 0.717) is 12.2 Å². The first-order valence-electron chi connectivity index (χ1n) is 6.34. The molecule has 0 radical (unpaired) electrons. The van der Waals surface area contributed by atoms with E-state index in [0.717, 1.165) is 22.3 Å². The van der Waals surface area contributed by atoms with Gasteiger partial charge < -0.3 is 9.72 Å². The fourth-order valence-corrected chi connectivity index (χ4v) is 2.03. The lowest BCUT2D eigenvalue weighted by atomic mass is 10.1. The van der Waals surface area contributed by atoms with Crippen molar-refractivity contribution >= 4 is 17.0 Å². The van der Waals surface area contributed by atoms with E-state index < -0.39 is 0 Å². The summed E-state index contributed by atoms with van der Waals surface area (Å²) in [7, 11) is 0. The van der Waals surface area contributed by atoms with Gasteiger partial charge in [0.15, 0.2) is 0 Å². The quantitative estimate of drug-likeness (QED) is 0.741. The molecule has 0 unspecified atom stereocenters. The topological polar surface area (TPSA) is 67.9 Å². The molecule has 0 atom stereocenters. The fraction of sp³-hybridized carbons (Fsp3) is 0.133. The highest BCUT2D eigenvalue weighted by Crippen LogP contribution is 2.22. The Kier molecular flexibility index (Phi) is 3.16. The first-order valence-corrected chi connectivity index (χ1v) is 6.34. The average Bonchev–Trinajstić information content (AvgIpc) is 2.91. The summed E-state index contributed by atoms with van der Waals surface area (Å²) in [6, 6.07) is 9.25. The first kappa shape index (κ1) is 12.3. The number of aromatic amines is 1. The summed E-state index contributed by atoms with van der Waals surface area (Å²) in [5, 5.41) is 0.956. The number of carbonyl (C=O) groups is 1. The number of carbonyl (C=O) groups excluding carboxylic acids is 1. The van der Waals surface area contributed by atoms with E-state index >= 15 is 0 Å². The second-order valence-electron chi connectivity index (χ2n) is 4.31. The number of hydrogen-bond donors (Lipinski definition) is 1. The second kappa shape index (κ2) is 5.13. The molecule has 0 saturated heterocycles. The standard InChI is InChI=1S/C15H13N3O2/c1-2-20-15(19)11-5-3-10(4-6-11)13-7-12-8-16-9-17-14(12)18-13/h3-9H,2H2,1H3,(H,16,17,18). The number of fused-ring (bicyclic) bond motifs is 1. The van der Waals surface area contributed by atoms with E-state index in [1.165, 1.54) is 6.33 Å². The van der Waals surface area contributed by atoms with Crippen LogP contribution in [0.4, 0.5) is 0 Å². The lowest BCUT2D eigenvalue weighted by Crippen LogP contribution is -2.03. The Labute approximate surface area is 115 Å².